The number of carbonyl (C=O) groups excluding carboxylic acids is 3. The smallest absolute Gasteiger partial charge is 0.325 e. The number of imide groups is 1. The number of likely N-dealkylation sites (tertiary alicyclic amines) is 1. The van der Waals surface area contributed by atoms with Gasteiger partial charge in [0.15, 0.2) is 15.5 Å². The summed E-state index contributed by atoms with van der Waals surface area (Å²) in [5.74, 6) is -0.740. The number of nitrogens with one attached hydrogen (secondary N) is 1. The zero-order chi connectivity index (χ0) is 30.2. The third kappa shape index (κ3) is 4.70. The molecule has 7 rings (SSSR count). The average Bonchev–Trinajstić information content (AvgIpc) is 3.72. The second-order valence-corrected chi connectivity index (χ2v) is 15.0. The van der Waals surface area contributed by atoms with E-state index in [1.165, 1.54) is 7.11 Å². The third-order valence-electron chi connectivity index (χ3n) is 9.28. The minimum absolute atomic E-state index is 0.00520. The standard InChI is InChI=1S/C30H26Cl2N2O6S3/c1-38-19-7-12(4-6-18(19)40-11-13-3-5-14(31)8-17(13)32)21-22-15-9-16(25(22)42-27-26(21)43-30(41)33-27)24-23(15)28(36)34(29(24)37)10-20(35)39-2/h3-8,15-16,21-25H,9-11H2,1-2H3,(H,33,41). The third-order valence-corrected chi connectivity index (χ3v) is 12.8. The van der Waals surface area contributed by atoms with E-state index in [1.807, 2.05) is 24.3 Å². The van der Waals surface area contributed by atoms with Crippen LogP contribution in [0.2, 0.25) is 10.0 Å². The Hall–Kier alpha value is -2.57. The van der Waals surface area contributed by atoms with E-state index in [-0.39, 0.29) is 53.9 Å². The summed E-state index contributed by atoms with van der Waals surface area (Å²) in [7, 11) is 2.86. The minimum atomic E-state index is -0.596. The summed E-state index contributed by atoms with van der Waals surface area (Å²) >= 11 is 21.3. The van der Waals surface area contributed by atoms with Gasteiger partial charge in [-0.15, -0.1) is 23.1 Å². The zero-order valence-electron chi connectivity index (χ0n) is 23.0. The molecule has 13 heteroatoms. The molecule has 2 aliphatic carbocycles. The molecule has 0 spiro atoms. The number of thiazole rings is 1. The lowest BCUT2D eigenvalue weighted by Crippen LogP contribution is -2.42. The van der Waals surface area contributed by atoms with E-state index in [0.717, 1.165) is 32.4 Å². The van der Waals surface area contributed by atoms with E-state index in [0.29, 0.717) is 25.5 Å². The van der Waals surface area contributed by atoms with Crippen LogP contribution in [-0.2, 0) is 25.7 Å². The van der Waals surface area contributed by atoms with Gasteiger partial charge in [0.05, 0.1) is 31.1 Å². The molecule has 43 heavy (non-hydrogen) atoms. The van der Waals surface area contributed by atoms with E-state index in [9.17, 15) is 14.4 Å². The quantitative estimate of drug-likeness (QED) is 0.176. The highest BCUT2D eigenvalue weighted by Gasteiger charge is 2.69. The Bertz CT molecular complexity index is 1730. The zero-order valence-corrected chi connectivity index (χ0v) is 27.0. The van der Waals surface area contributed by atoms with Crippen molar-refractivity contribution in [3.63, 3.8) is 0 Å². The van der Waals surface area contributed by atoms with Crippen LogP contribution < -0.4 is 9.47 Å². The van der Waals surface area contributed by atoms with Crippen molar-refractivity contribution in [2.45, 2.75) is 29.2 Å². The van der Waals surface area contributed by atoms with Crippen molar-refractivity contribution in [1.29, 1.82) is 0 Å². The number of rotatable bonds is 7. The lowest BCUT2D eigenvalue weighted by molar-refractivity contribution is -0.151. The summed E-state index contributed by atoms with van der Waals surface area (Å²) in [5.41, 5.74) is 1.83. The van der Waals surface area contributed by atoms with Gasteiger partial charge >= 0.3 is 5.97 Å². The van der Waals surface area contributed by atoms with Gasteiger partial charge in [-0.05, 0) is 66.2 Å². The Labute approximate surface area is 271 Å². The van der Waals surface area contributed by atoms with Crippen molar-refractivity contribution in [2.75, 3.05) is 20.8 Å². The number of ether oxygens (including phenoxy) is 3. The Morgan fingerprint density at radius 1 is 1.07 bits per heavy atom. The SMILES string of the molecule is COC(=O)CN1C(=O)C2C3CC(C2C1=O)C1C(c2ccc(OCc4ccc(Cl)cc4Cl)c(OC)c2)c2sc(=S)[nH]c2SC31. The molecule has 8 nitrogen and oxygen atoms in total. The highest BCUT2D eigenvalue weighted by atomic mass is 35.5. The van der Waals surface area contributed by atoms with Crippen molar-refractivity contribution < 1.29 is 28.6 Å². The maximum atomic E-state index is 13.6. The molecule has 1 aromatic heterocycles. The fourth-order valence-corrected chi connectivity index (χ4v) is 11.4. The normalized spacial score (nSPS) is 28.5. The summed E-state index contributed by atoms with van der Waals surface area (Å²) < 4.78 is 17.4. The van der Waals surface area contributed by atoms with Crippen LogP contribution in [0.1, 0.15) is 28.3 Å². The average molecular weight is 678 g/mol. The molecule has 224 valence electrons. The monoisotopic (exact) mass is 676 g/mol. The Balaban J connectivity index is 1.23. The second kappa shape index (κ2) is 11.1. The Morgan fingerprint density at radius 2 is 1.84 bits per heavy atom. The first kappa shape index (κ1) is 29.2. The largest absolute Gasteiger partial charge is 0.493 e. The number of thioether (sulfide) groups is 1. The number of carbonyl (C=O) groups is 3. The summed E-state index contributed by atoms with van der Waals surface area (Å²) in [5, 5.41) is 2.21. The summed E-state index contributed by atoms with van der Waals surface area (Å²) in [4.78, 5) is 44.7. The number of benzene rings is 2. The molecule has 3 heterocycles. The van der Waals surface area contributed by atoms with Gasteiger partial charge in [-0.1, -0.05) is 35.3 Å². The van der Waals surface area contributed by atoms with Crippen LogP contribution in [0.25, 0.3) is 0 Å². The first-order chi connectivity index (χ1) is 20.7. The van der Waals surface area contributed by atoms with Crippen LogP contribution in [0, 0.1) is 33.5 Å². The number of nitrogens with zero attached hydrogens (tertiary/aromatic N) is 1. The molecular weight excluding hydrogens is 651 g/mol. The number of aromatic amines is 1. The van der Waals surface area contributed by atoms with Gasteiger partial charge < -0.3 is 19.2 Å². The summed E-state index contributed by atoms with van der Waals surface area (Å²) in [6, 6.07) is 11.2. The van der Waals surface area contributed by atoms with E-state index in [2.05, 4.69) is 4.98 Å². The number of methoxy groups -OCH3 is 2. The molecule has 2 amide bonds. The number of fused-ring (bicyclic) bond motifs is 9. The number of amides is 2. The van der Waals surface area contributed by atoms with E-state index < -0.39 is 17.8 Å². The van der Waals surface area contributed by atoms with Crippen molar-refractivity contribution in [3.05, 3.63) is 66.4 Å². The molecule has 2 saturated carbocycles. The molecule has 1 N–H and O–H groups in total. The van der Waals surface area contributed by atoms with Crippen LogP contribution >= 0.6 is 58.5 Å². The first-order valence-corrected chi connectivity index (χ1v) is 16.6. The molecule has 3 fully saturated rings. The van der Waals surface area contributed by atoms with Crippen LogP contribution in [0.5, 0.6) is 11.5 Å². The minimum Gasteiger partial charge on any atom is -0.493 e. The van der Waals surface area contributed by atoms with Gasteiger partial charge in [0.1, 0.15) is 13.2 Å². The molecule has 2 aliphatic heterocycles. The van der Waals surface area contributed by atoms with E-state index >= 15 is 0 Å². The first-order valence-electron chi connectivity index (χ1n) is 13.8. The molecule has 7 atom stereocenters. The molecule has 2 aromatic carbocycles. The molecule has 7 unspecified atom stereocenters. The topological polar surface area (TPSA) is 97.9 Å². The van der Waals surface area contributed by atoms with Gasteiger partial charge in [-0.2, -0.15) is 0 Å². The number of esters is 1. The van der Waals surface area contributed by atoms with Gasteiger partial charge in [-0.25, -0.2) is 0 Å². The van der Waals surface area contributed by atoms with Crippen molar-refractivity contribution in [2.24, 2.45) is 29.6 Å². The van der Waals surface area contributed by atoms with Crippen LogP contribution in [0.3, 0.4) is 0 Å². The maximum absolute atomic E-state index is 13.6. The molecular formula is C30H26Cl2N2O6S3. The fourth-order valence-electron chi connectivity index (χ4n) is 7.59. The van der Waals surface area contributed by atoms with Gasteiger partial charge in [0.25, 0.3) is 0 Å². The predicted molar refractivity (Wildman–Crippen MR) is 166 cm³/mol. The van der Waals surface area contributed by atoms with Gasteiger partial charge in [0.2, 0.25) is 11.8 Å². The maximum Gasteiger partial charge on any atom is 0.325 e. The van der Waals surface area contributed by atoms with Crippen molar-refractivity contribution >= 4 is 76.3 Å². The summed E-state index contributed by atoms with van der Waals surface area (Å²) in [6.45, 7) is -0.0995. The number of hydrogen-bond donors (Lipinski definition) is 1. The number of aromatic nitrogens is 1. The number of hydrogen-bond acceptors (Lipinski definition) is 9. The highest BCUT2D eigenvalue weighted by Crippen LogP contribution is 2.69. The molecule has 3 aromatic rings. The van der Waals surface area contributed by atoms with E-state index in [4.69, 9.17) is 49.6 Å². The Morgan fingerprint density at radius 3 is 2.56 bits per heavy atom. The van der Waals surface area contributed by atoms with Crippen molar-refractivity contribution in [1.82, 2.24) is 9.88 Å². The van der Waals surface area contributed by atoms with Gasteiger partial charge in [0, 0.05) is 31.7 Å². The van der Waals surface area contributed by atoms with Gasteiger partial charge in [-0.3, -0.25) is 19.3 Å². The Kier molecular flexibility index (Phi) is 7.53. The molecule has 4 aliphatic rings. The van der Waals surface area contributed by atoms with Crippen LogP contribution in [0.4, 0.5) is 0 Å². The number of halogens is 2. The molecule has 0 radical (unpaired) electrons. The lowest BCUT2D eigenvalue weighted by Gasteiger charge is -2.43. The fraction of sp³-hybridized carbons (Fsp3) is 0.400. The number of H-pyrrole nitrogens is 1. The van der Waals surface area contributed by atoms with Crippen LogP contribution in [-0.4, -0.2) is 53.7 Å². The van der Waals surface area contributed by atoms with Crippen LogP contribution in [0.15, 0.2) is 41.4 Å². The van der Waals surface area contributed by atoms with Crippen molar-refractivity contribution in [3.8, 4) is 11.5 Å². The highest BCUT2D eigenvalue weighted by molar-refractivity contribution is 8.00. The molecule has 1 saturated heterocycles. The van der Waals surface area contributed by atoms with E-state index in [1.54, 1.807) is 42.3 Å². The molecule has 2 bridgehead atoms. The lowest BCUT2D eigenvalue weighted by atomic mass is 9.68. The summed E-state index contributed by atoms with van der Waals surface area (Å²) in [6.07, 6.45) is 0.799. The second-order valence-electron chi connectivity index (χ2n) is 11.2. The predicted octanol–water partition coefficient (Wildman–Crippen LogP) is 6.35.